The van der Waals surface area contributed by atoms with E-state index < -0.39 is 0 Å². The molecule has 0 saturated heterocycles. The molecule has 2 heteroatoms. The van der Waals surface area contributed by atoms with Crippen LogP contribution in [0.5, 0.6) is 5.75 Å². The van der Waals surface area contributed by atoms with E-state index in [9.17, 15) is 5.11 Å². The summed E-state index contributed by atoms with van der Waals surface area (Å²) in [7, 11) is 0. The molecule has 12 heavy (non-hydrogen) atoms. The van der Waals surface area contributed by atoms with Gasteiger partial charge < -0.3 is 9.84 Å². The highest BCUT2D eigenvalue weighted by Crippen LogP contribution is 2.33. The van der Waals surface area contributed by atoms with E-state index in [0.29, 0.717) is 13.0 Å². The van der Waals surface area contributed by atoms with E-state index in [1.54, 1.807) is 0 Å². The van der Waals surface area contributed by atoms with Crippen LogP contribution in [0.1, 0.15) is 23.7 Å². The summed E-state index contributed by atoms with van der Waals surface area (Å²) < 4.78 is 5.41. The zero-order valence-electron chi connectivity index (χ0n) is 7.08. The lowest BCUT2D eigenvalue weighted by Gasteiger charge is -2.23. The molecule has 0 fully saturated rings. The lowest BCUT2D eigenvalue weighted by Crippen LogP contribution is -2.14. The Morgan fingerprint density at radius 1 is 1.50 bits per heavy atom. The molecular formula is C10H12O2. The minimum absolute atomic E-state index is 0.338. The number of aryl methyl sites for hydroxylation is 1. The average Bonchev–Trinajstić information content (AvgIpc) is 2.04. The molecule has 0 spiro atoms. The normalized spacial score (nSPS) is 21.3. The number of hydrogen-bond acceptors (Lipinski definition) is 2. The van der Waals surface area contributed by atoms with Gasteiger partial charge in [-0.05, 0) is 18.6 Å². The van der Waals surface area contributed by atoms with Gasteiger partial charge in [-0.15, -0.1) is 0 Å². The van der Waals surface area contributed by atoms with Crippen molar-refractivity contribution >= 4 is 0 Å². The van der Waals surface area contributed by atoms with Gasteiger partial charge in [-0.3, -0.25) is 0 Å². The number of fused-ring (bicyclic) bond motifs is 1. The Kier molecular flexibility index (Phi) is 1.77. The van der Waals surface area contributed by atoms with Crippen molar-refractivity contribution in [2.24, 2.45) is 0 Å². The van der Waals surface area contributed by atoms with Crippen LogP contribution in [0.3, 0.4) is 0 Å². The van der Waals surface area contributed by atoms with Gasteiger partial charge in [0.05, 0.1) is 12.7 Å². The van der Waals surface area contributed by atoms with Crippen LogP contribution in [0, 0.1) is 6.92 Å². The molecule has 1 N–H and O–H groups in total. The van der Waals surface area contributed by atoms with Gasteiger partial charge in [0, 0.05) is 12.0 Å². The zero-order valence-corrected chi connectivity index (χ0v) is 7.08. The van der Waals surface area contributed by atoms with Crippen LogP contribution < -0.4 is 4.74 Å². The zero-order chi connectivity index (χ0) is 8.55. The molecule has 0 aliphatic carbocycles. The molecule has 0 saturated carbocycles. The number of benzene rings is 1. The Morgan fingerprint density at radius 3 is 3.08 bits per heavy atom. The standard InChI is InChI=1S/C10H12O2/c1-7-3-2-4-9-10(7)8(11)5-6-12-9/h2-4,8,11H,5-6H2,1H3/t8-/m1/s1. The van der Waals surface area contributed by atoms with Crippen LogP contribution in [0.15, 0.2) is 18.2 Å². The van der Waals surface area contributed by atoms with Gasteiger partial charge in [-0.1, -0.05) is 12.1 Å². The van der Waals surface area contributed by atoms with Crippen molar-refractivity contribution in [3.05, 3.63) is 29.3 Å². The first kappa shape index (κ1) is 7.62. The first-order valence-corrected chi connectivity index (χ1v) is 4.19. The number of hydrogen-bond donors (Lipinski definition) is 1. The van der Waals surface area contributed by atoms with Crippen molar-refractivity contribution in [3.63, 3.8) is 0 Å². The van der Waals surface area contributed by atoms with Crippen molar-refractivity contribution in [1.29, 1.82) is 0 Å². The van der Waals surface area contributed by atoms with E-state index in [1.807, 2.05) is 25.1 Å². The van der Waals surface area contributed by atoms with E-state index in [2.05, 4.69) is 0 Å². The molecule has 1 aromatic rings. The highest BCUT2D eigenvalue weighted by Gasteiger charge is 2.20. The first-order valence-electron chi connectivity index (χ1n) is 4.19. The molecule has 1 aromatic carbocycles. The maximum Gasteiger partial charge on any atom is 0.125 e. The van der Waals surface area contributed by atoms with Gasteiger partial charge in [0.25, 0.3) is 0 Å². The molecule has 1 atom stereocenters. The molecule has 64 valence electrons. The molecule has 0 radical (unpaired) electrons. The smallest absolute Gasteiger partial charge is 0.125 e. The first-order chi connectivity index (χ1) is 5.79. The van der Waals surface area contributed by atoms with Crippen LogP contribution in [0.25, 0.3) is 0 Å². The fourth-order valence-electron chi connectivity index (χ4n) is 1.63. The summed E-state index contributed by atoms with van der Waals surface area (Å²) in [5.41, 5.74) is 2.07. The molecule has 2 rings (SSSR count). The summed E-state index contributed by atoms with van der Waals surface area (Å²) in [6.45, 7) is 2.62. The van der Waals surface area contributed by atoms with Crippen molar-refractivity contribution < 1.29 is 9.84 Å². The van der Waals surface area contributed by atoms with E-state index in [0.717, 1.165) is 16.9 Å². The predicted molar refractivity (Wildman–Crippen MR) is 46.3 cm³/mol. The molecule has 0 amide bonds. The minimum Gasteiger partial charge on any atom is -0.493 e. The Bertz CT molecular complexity index is 294. The van der Waals surface area contributed by atoms with E-state index in [1.165, 1.54) is 0 Å². The Hall–Kier alpha value is -1.02. The minimum atomic E-state index is -0.338. The maximum atomic E-state index is 9.66. The predicted octanol–water partition coefficient (Wildman–Crippen LogP) is 1.81. The van der Waals surface area contributed by atoms with Crippen LogP contribution in [0.2, 0.25) is 0 Å². The molecule has 1 aliphatic rings. The fraction of sp³-hybridized carbons (Fsp3) is 0.400. The third-order valence-electron chi connectivity index (χ3n) is 2.27. The van der Waals surface area contributed by atoms with Crippen LogP contribution in [-0.4, -0.2) is 11.7 Å². The van der Waals surface area contributed by atoms with Gasteiger partial charge in [0.15, 0.2) is 0 Å². The van der Waals surface area contributed by atoms with Gasteiger partial charge in [-0.2, -0.15) is 0 Å². The lowest BCUT2D eigenvalue weighted by atomic mass is 9.98. The monoisotopic (exact) mass is 164 g/mol. The number of aliphatic hydroxyl groups is 1. The third-order valence-corrected chi connectivity index (χ3v) is 2.27. The molecule has 0 unspecified atom stereocenters. The van der Waals surface area contributed by atoms with Gasteiger partial charge in [-0.25, -0.2) is 0 Å². The second-order valence-electron chi connectivity index (χ2n) is 3.14. The fourth-order valence-corrected chi connectivity index (χ4v) is 1.63. The van der Waals surface area contributed by atoms with E-state index in [-0.39, 0.29) is 6.10 Å². The SMILES string of the molecule is Cc1cccc2c1[C@H](O)CCO2. The summed E-state index contributed by atoms with van der Waals surface area (Å²) in [5.74, 6) is 0.841. The molecule has 1 aliphatic heterocycles. The van der Waals surface area contributed by atoms with Crippen molar-refractivity contribution in [2.45, 2.75) is 19.4 Å². The van der Waals surface area contributed by atoms with Crippen molar-refractivity contribution in [1.82, 2.24) is 0 Å². The van der Waals surface area contributed by atoms with E-state index in [4.69, 9.17) is 4.74 Å². The largest absolute Gasteiger partial charge is 0.493 e. The third kappa shape index (κ3) is 1.08. The number of rotatable bonds is 0. The van der Waals surface area contributed by atoms with Gasteiger partial charge in [0.2, 0.25) is 0 Å². The summed E-state index contributed by atoms with van der Waals surface area (Å²) in [4.78, 5) is 0. The quantitative estimate of drug-likeness (QED) is 0.633. The topological polar surface area (TPSA) is 29.5 Å². The second kappa shape index (κ2) is 2.79. The van der Waals surface area contributed by atoms with Crippen LogP contribution >= 0.6 is 0 Å². The lowest BCUT2D eigenvalue weighted by molar-refractivity contribution is 0.114. The summed E-state index contributed by atoms with van der Waals surface area (Å²) in [5, 5.41) is 9.66. The molecule has 2 nitrogen and oxygen atoms in total. The Labute approximate surface area is 71.8 Å². The molecule has 0 aromatic heterocycles. The van der Waals surface area contributed by atoms with Crippen molar-refractivity contribution in [2.75, 3.05) is 6.61 Å². The average molecular weight is 164 g/mol. The van der Waals surface area contributed by atoms with E-state index >= 15 is 0 Å². The highest BCUT2D eigenvalue weighted by atomic mass is 16.5. The molecule has 1 heterocycles. The molecule has 0 bridgehead atoms. The van der Waals surface area contributed by atoms with Gasteiger partial charge in [0.1, 0.15) is 5.75 Å². The second-order valence-corrected chi connectivity index (χ2v) is 3.14. The summed E-state index contributed by atoms with van der Waals surface area (Å²) in [6.07, 6.45) is 0.368. The van der Waals surface area contributed by atoms with Crippen molar-refractivity contribution in [3.8, 4) is 5.75 Å². The summed E-state index contributed by atoms with van der Waals surface area (Å²) >= 11 is 0. The highest BCUT2D eigenvalue weighted by molar-refractivity contribution is 5.42. The van der Waals surface area contributed by atoms with Crippen LogP contribution in [0.4, 0.5) is 0 Å². The molecular weight excluding hydrogens is 152 g/mol. The maximum absolute atomic E-state index is 9.66. The van der Waals surface area contributed by atoms with Gasteiger partial charge >= 0.3 is 0 Å². The number of aliphatic hydroxyl groups excluding tert-OH is 1. The Balaban J connectivity index is 2.53. The Morgan fingerprint density at radius 2 is 2.33 bits per heavy atom. The summed E-state index contributed by atoms with van der Waals surface area (Å²) in [6, 6.07) is 5.85. The van der Waals surface area contributed by atoms with Crippen LogP contribution in [-0.2, 0) is 0 Å². The number of ether oxygens (including phenoxy) is 1.